The molecule has 0 aliphatic carbocycles. The van der Waals surface area contributed by atoms with Crippen LogP contribution in [0.5, 0.6) is 0 Å². The van der Waals surface area contributed by atoms with E-state index in [-0.39, 0.29) is 11.4 Å². The monoisotopic (exact) mass is 211 g/mol. The maximum Gasteiger partial charge on any atom is 0.234 e. The summed E-state index contributed by atoms with van der Waals surface area (Å²) >= 11 is 0. The lowest BCUT2D eigenvalue weighted by Gasteiger charge is -2.25. The third kappa shape index (κ3) is 7.95. The Balaban J connectivity index is 3.66. The largest absolute Gasteiger partial charge is 0.354 e. The smallest absolute Gasteiger partial charge is 0.234 e. The van der Waals surface area contributed by atoms with Crippen molar-refractivity contribution in [1.29, 1.82) is 5.26 Å². The Labute approximate surface area is 92.0 Å². The van der Waals surface area contributed by atoms with Crippen molar-refractivity contribution in [3.63, 3.8) is 0 Å². The average molecular weight is 211 g/mol. The summed E-state index contributed by atoms with van der Waals surface area (Å²) in [5, 5.41) is 14.2. The molecule has 0 spiro atoms. The van der Waals surface area contributed by atoms with Crippen LogP contribution in [0.3, 0.4) is 0 Å². The maximum atomic E-state index is 11.3. The molecule has 0 saturated carbocycles. The summed E-state index contributed by atoms with van der Waals surface area (Å²) in [5.74, 6) is -0.0468. The summed E-state index contributed by atoms with van der Waals surface area (Å²) in [6.45, 7) is 7.04. The van der Waals surface area contributed by atoms with Gasteiger partial charge in [-0.3, -0.25) is 4.79 Å². The van der Waals surface area contributed by atoms with Gasteiger partial charge in [-0.05, 0) is 20.3 Å². The number of nitriles is 1. The summed E-state index contributed by atoms with van der Waals surface area (Å²) in [5.41, 5.74) is 0.00131. The molecule has 2 N–H and O–H groups in total. The lowest BCUT2D eigenvalue weighted by molar-refractivity contribution is -0.120. The van der Waals surface area contributed by atoms with Gasteiger partial charge in [-0.25, -0.2) is 0 Å². The second-order valence-electron chi connectivity index (χ2n) is 4.25. The Bertz CT molecular complexity index is 230. The van der Waals surface area contributed by atoms with Gasteiger partial charge in [0.15, 0.2) is 0 Å². The first-order valence-electron chi connectivity index (χ1n) is 5.40. The molecule has 0 bridgehead atoms. The molecule has 0 aromatic carbocycles. The zero-order valence-electron chi connectivity index (χ0n) is 9.89. The van der Waals surface area contributed by atoms with Crippen LogP contribution < -0.4 is 10.6 Å². The Morgan fingerprint density at radius 1 is 1.47 bits per heavy atom. The average Bonchev–Trinajstić information content (AvgIpc) is 2.15. The van der Waals surface area contributed by atoms with E-state index in [2.05, 4.69) is 31.4 Å². The minimum absolute atomic E-state index is 0.00131. The molecule has 0 rings (SSSR count). The van der Waals surface area contributed by atoms with Gasteiger partial charge in [-0.1, -0.05) is 13.3 Å². The predicted molar refractivity (Wildman–Crippen MR) is 60.2 cm³/mol. The molecule has 0 aromatic rings. The molecule has 0 aliphatic heterocycles. The maximum absolute atomic E-state index is 11.3. The molecule has 0 aromatic heterocycles. The molecular weight excluding hydrogens is 190 g/mol. The van der Waals surface area contributed by atoms with Crippen LogP contribution in [0.2, 0.25) is 0 Å². The van der Waals surface area contributed by atoms with Gasteiger partial charge in [0.25, 0.3) is 0 Å². The van der Waals surface area contributed by atoms with Crippen molar-refractivity contribution in [3.8, 4) is 6.07 Å². The fourth-order valence-electron chi connectivity index (χ4n) is 1.35. The highest BCUT2D eigenvalue weighted by atomic mass is 16.1. The van der Waals surface area contributed by atoms with E-state index in [9.17, 15) is 4.79 Å². The van der Waals surface area contributed by atoms with Crippen molar-refractivity contribution in [2.75, 3.05) is 13.1 Å². The second kappa shape index (κ2) is 7.24. The molecule has 86 valence electrons. The number of rotatable bonds is 7. The molecule has 0 unspecified atom stereocenters. The van der Waals surface area contributed by atoms with E-state index in [1.54, 1.807) is 0 Å². The van der Waals surface area contributed by atoms with Gasteiger partial charge < -0.3 is 10.6 Å². The number of hydrogen-bond donors (Lipinski definition) is 2. The highest BCUT2D eigenvalue weighted by Gasteiger charge is 2.16. The first kappa shape index (κ1) is 13.9. The van der Waals surface area contributed by atoms with E-state index in [1.807, 2.05) is 6.07 Å². The summed E-state index contributed by atoms with van der Waals surface area (Å²) in [7, 11) is 0. The molecule has 0 aliphatic rings. The van der Waals surface area contributed by atoms with Gasteiger partial charge in [0.05, 0.1) is 19.0 Å². The van der Waals surface area contributed by atoms with E-state index in [0.29, 0.717) is 19.5 Å². The van der Waals surface area contributed by atoms with Crippen LogP contribution in [-0.4, -0.2) is 24.5 Å². The van der Waals surface area contributed by atoms with Crippen LogP contribution >= 0.6 is 0 Å². The number of amides is 1. The van der Waals surface area contributed by atoms with Crippen LogP contribution in [0.15, 0.2) is 0 Å². The predicted octanol–water partition coefficient (Wildman–Crippen LogP) is 1.18. The van der Waals surface area contributed by atoms with E-state index < -0.39 is 0 Å². The molecular formula is C11H21N3O. The Morgan fingerprint density at radius 3 is 2.67 bits per heavy atom. The molecule has 0 heterocycles. The minimum Gasteiger partial charge on any atom is -0.354 e. The molecule has 4 nitrogen and oxygen atoms in total. The van der Waals surface area contributed by atoms with E-state index in [0.717, 1.165) is 12.8 Å². The fourth-order valence-corrected chi connectivity index (χ4v) is 1.35. The topological polar surface area (TPSA) is 64.9 Å². The number of nitrogens with one attached hydrogen (secondary N) is 2. The van der Waals surface area contributed by atoms with Crippen molar-refractivity contribution >= 4 is 5.91 Å². The summed E-state index contributed by atoms with van der Waals surface area (Å²) < 4.78 is 0. The molecule has 0 radical (unpaired) electrons. The highest BCUT2D eigenvalue weighted by Crippen LogP contribution is 2.09. The number of carbonyl (C=O) groups excluding carboxylic acids is 1. The van der Waals surface area contributed by atoms with Gasteiger partial charge in [0, 0.05) is 12.1 Å². The molecule has 0 saturated heterocycles. The lowest BCUT2D eigenvalue weighted by atomic mass is 9.99. The standard InChI is InChI=1S/C11H21N3O/c1-4-6-11(2,3)14-9-10(15)13-8-5-7-12/h14H,4-6,8-9H2,1-3H3,(H,13,15). The van der Waals surface area contributed by atoms with Crippen LogP contribution in [-0.2, 0) is 4.79 Å². The van der Waals surface area contributed by atoms with Gasteiger partial charge in [-0.15, -0.1) is 0 Å². The van der Waals surface area contributed by atoms with E-state index >= 15 is 0 Å². The number of nitrogens with zero attached hydrogens (tertiary/aromatic N) is 1. The van der Waals surface area contributed by atoms with Crippen molar-refractivity contribution in [3.05, 3.63) is 0 Å². The molecule has 1 amide bonds. The van der Waals surface area contributed by atoms with Crippen LogP contribution in [0.4, 0.5) is 0 Å². The Kier molecular flexibility index (Phi) is 6.72. The molecule has 4 heteroatoms. The van der Waals surface area contributed by atoms with Gasteiger partial charge in [0.1, 0.15) is 0 Å². The van der Waals surface area contributed by atoms with Crippen molar-refractivity contribution in [2.24, 2.45) is 0 Å². The first-order chi connectivity index (χ1) is 7.02. The third-order valence-corrected chi connectivity index (χ3v) is 2.16. The molecule has 0 atom stereocenters. The fraction of sp³-hybridized carbons (Fsp3) is 0.818. The summed E-state index contributed by atoms with van der Waals surface area (Å²) in [6.07, 6.45) is 2.50. The van der Waals surface area contributed by atoms with Gasteiger partial charge in [-0.2, -0.15) is 5.26 Å². The first-order valence-corrected chi connectivity index (χ1v) is 5.40. The normalized spacial score (nSPS) is 10.8. The van der Waals surface area contributed by atoms with Crippen molar-refractivity contribution in [2.45, 2.75) is 45.6 Å². The lowest BCUT2D eigenvalue weighted by Crippen LogP contribution is -2.45. The van der Waals surface area contributed by atoms with Crippen LogP contribution in [0.25, 0.3) is 0 Å². The molecule has 15 heavy (non-hydrogen) atoms. The zero-order chi connectivity index (χ0) is 11.7. The van der Waals surface area contributed by atoms with E-state index in [4.69, 9.17) is 5.26 Å². The van der Waals surface area contributed by atoms with Gasteiger partial charge in [0.2, 0.25) is 5.91 Å². The minimum atomic E-state index is -0.0468. The summed E-state index contributed by atoms with van der Waals surface area (Å²) in [6, 6.07) is 1.98. The van der Waals surface area contributed by atoms with Crippen molar-refractivity contribution < 1.29 is 4.79 Å². The quantitative estimate of drug-likeness (QED) is 0.622. The van der Waals surface area contributed by atoms with Crippen molar-refractivity contribution in [1.82, 2.24) is 10.6 Å². The van der Waals surface area contributed by atoms with Gasteiger partial charge >= 0.3 is 0 Å². The number of carbonyl (C=O) groups is 1. The SMILES string of the molecule is CCCC(C)(C)NCC(=O)NCCC#N. The zero-order valence-corrected chi connectivity index (χ0v) is 9.89. The second-order valence-corrected chi connectivity index (χ2v) is 4.25. The third-order valence-electron chi connectivity index (χ3n) is 2.16. The van der Waals surface area contributed by atoms with Crippen LogP contribution in [0, 0.1) is 11.3 Å². The number of hydrogen-bond acceptors (Lipinski definition) is 3. The van der Waals surface area contributed by atoms with Crippen LogP contribution in [0.1, 0.15) is 40.0 Å². The highest BCUT2D eigenvalue weighted by molar-refractivity contribution is 5.78. The Hall–Kier alpha value is -1.08. The van der Waals surface area contributed by atoms with E-state index in [1.165, 1.54) is 0 Å². The summed E-state index contributed by atoms with van der Waals surface area (Å²) in [4.78, 5) is 11.3. The Morgan fingerprint density at radius 2 is 2.13 bits per heavy atom. The molecule has 0 fully saturated rings.